The Hall–Kier alpha value is 0.784. The number of hydrogen-bond acceptors (Lipinski definition) is 1. The summed E-state index contributed by atoms with van der Waals surface area (Å²) in [4.78, 5) is 0. The van der Waals surface area contributed by atoms with Crippen molar-refractivity contribution in [2.75, 3.05) is 0 Å². The van der Waals surface area contributed by atoms with Gasteiger partial charge in [0.2, 0.25) is 0 Å². The molecule has 0 aliphatic rings. The summed E-state index contributed by atoms with van der Waals surface area (Å²) in [5, 5.41) is 0. The monoisotopic (exact) mass is 150 g/mol. The molecule has 0 aliphatic heterocycles. The average Bonchev–Trinajstić information content (AvgIpc) is 1.27. The highest BCUT2D eigenvalue weighted by molar-refractivity contribution is 8.45. The zero-order valence-electron chi connectivity index (χ0n) is 5.56. The molecule has 0 aromatic heterocycles. The number of hydrogen-bond donors (Lipinski definition) is 0. The van der Waals surface area contributed by atoms with Crippen molar-refractivity contribution in [1.29, 1.82) is 0 Å². The van der Waals surface area contributed by atoms with Crippen LogP contribution in [0.4, 0.5) is 0 Å². The Morgan fingerprint density at radius 3 is 1.14 bits per heavy atom. The van der Waals surface area contributed by atoms with Gasteiger partial charge in [0.05, 0.1) is 15.9 Å². The van der Waals surface area contributed by atoms with Crippen LogP contribution in [0.15, 0.2) is 0 Å². The molecular formula is C4H14SSi2. The largest absolute Gasteiger partial charge is 0.214 e. The van der Waals surface area contributed by atoms with Gasteiger partial charge in [0, 0.05) is 0 Å². The van der Waals surface area contributed by atoms with E-state index >= 15 is 0 Å². The molecule has 0 amide bonds. The highest BCUT2D eigenvalue weighted by Gasteiger charge is 1.98. The summed E-state index contributed by atoms with van der Waals surface area (Å²) in [6.07, 6.45) is 0. The average molecular weight is 150 g/mol. The second kappa shape index (κ2) is 3.75. The van der Waals surface area contributed by atoms with Crippen molar-refractivity contribution in [3.05, 3.63) is 0 Å². The molecule has 0 nitrogen and oxygen atoms in total. The number of rotatable bonds is 2. The molecule has 0 N–H and O–H groups in total. The summed E-state index contributed by atoms with van der Waals surface area (Å²) in [5.41, 5.74) is 0. The van der Waals surface area contributed by atoms with Crippen LogP contribution in [-0.4, -0.2) is 15.9 Å². The van der Waals surface area contributed by atoms with Crippen molar-refractivity contribution < 1.29 is 0 Å². The van der Waals surface area contributed by atoms with E-state index in [1.807, 2.05) is 0 Å². The van der Waals surface area contributed by atoms with Gasteiger partial charge in [0.25, 0.3) is 0 Å². The Labute approximate surface area is 53.2 Å². The van der Waals surface area contributed by atoms with Gasteiger partial charge in [-0.25, -0.2) is 10.7 Å². The fraction of sp³-hybridized carbons (Fsp3) is 1.00. The molecule has 3 heteroatoms. The van der Waals surface area contributed by atoms with Crippen molar-refractivity contribution in [1.82, 2.24) is 0 Å². The molecule has 0 saturated carbocycles. The maximum Gasteiger partial charge on any atom is 0.0874 e. The van der Waals surface area contributed by atoms with Crippen molar-refractivity contribution in [3.63, 3.8) is 0 Å². The molecule has 0 spiro atoms. The summed E-state index contributed by atoms with van der Waals surface area (Å²) in [6, 6.07) is 0. The standard InChI is InChI=1S/C4H14SSi2/c1-6(2)5-7(3)4/h6-7H,1-4H3. The third-order valence-electron chi connectivity index (χ3n) is 0.544. The normalized spacial score (nSPS) is 11.1. The zero-order chi connectivity index (χ0) is 5.86. The fourth-order valence-electron chi connectivity index (χ4n) is 0.544. The van der Waals surface area contributed by atoms with Crippen molar-refractivity contribution in [2.24, 2.45) is 0 Å². The molecule has 0 bridgehead atoms. The van der Waals surface area contributed by atoms with Crippen LogP contribution in [0.25, 0.3) is 0 Å². The van der Waals surface area contributed by atoms with Gasteiger partial charge < -0.3 is 0 Å². The van der Waals surface area contributed by atoms with E-state index in [0.29, 0.717) is 0 Å². The van der Waals surface area contributed by atoms with E-state index in [1.165, 1.54) is 0 Å². The van der Waals surface area contributed by atoms with E-state index in [0.717, 1.165) is 0 Å². The summed E-state index contributed by atoms with van der Waals surface area (Å²) < 4.78 is 0. The van der Waals surface area contributed by atoms with E-state index in [9.17, 15) is 0 Å². The summed E-state index contributed by atoms with van der Waals surface area (Å²) >= 11 is 0. The molecule has 0 aliphatic carbocycles. The topological polar surface area (TPSA) is 0 Å². The zero-order valence-corrected chi connectivity index (χ0v) is 8.69. The maximum absolute atomic E-state index is 2.40. The predicted octanol–water partition coefficient (Wildman–Crippen LogP) is 1.69. The van der Waals surface area contributed by atoms with Crippen LogP contribution in [0.5, 0.6) is 0 Å². The van der Waals surface area contributed by atoms with Crippen LogP contribution < -0.4 is 0 Å². The molecule has 0 aromatic rings. The molecule has 0 heterocycles. The lowest BCUT2D eigenvalue weighted by atomic mass is 11.9. The van der Waals surface area contributed by atoms with Crippen LogP contribution in [0.1, 0.15) is 0 Å². The van der Waals surface area contributed by atoms with Gasteiger partial charge in [-0.3, -0.25) is 0 Å². The van der Waals surface area contributed by atoms with E-state index in [2.05, 4.69) is 36.8 Å². The molecular weight excluding hydrogens is 136 g/mol. The summed E-state index contributed by atoms with van der Waals surface area (Å²) in [7, 11) is 1.79. The lowest BCUT2D eigenvalue weighted by Gasteiger charge is -2.03. The van der Waals surface area contributed by atoms with E-state index in [1.54, 1.807) is 0 Å². The second-order valence-corrected chi connectivity index (χ2v) is 15.6. The molecule has 0 radical (unpaired) electrons. The Morgan fingerprint density at radius 1 is 0.857 bits per heavy atom. The highest BCUT2D eigenvalue weighted by atomic mass is 32.5. The summed E-state index contributed by atoms with van der Waals surface area (Å²) in [6.45, 7) is 9.60. The van der Waals surface area contributed by atoms with Gasteiger partial charge >= 0.3 is 0 Å². The molecule has 7 heavy (non-hydrogen) atoms. The fourth-order valence-corrected chi connectivity index (χ4v) is 14.7. The van der Waals surface area contributed by atoms with E-state index in [4.69, 9.17) is 0 Å². The van der Waals surface area contributed by atoms with Gasteiger partial charge in [-0.1, -0.05) is 26.2 Å². The predicted molar refractivity (Wildman–Crippen MR) is 45.3 cm³/mol. The lowest BCUT2D eigenvalue weighted by Crippen LogP contribution is -2.02. The molecule has 0 rings (SSSR count). The second-order valence-electron chi connectivity index (χ2n) is 2.23. The maximum atomic E-state index is 2.40. The first-order chi connectivity index (χ1) is 3.13. The van der Waals surface area contributed by atoms with Gasteiger partial charge in [-0.15, -0.1) is 0 Å². The molecule has 0 fully saturated rings. The molecule has 0 aromatic carbocycles. The van der Waals surface area contributed by atoms with E-state index in [-0.39, 0.29) is 15.9 Å². The molecule has 0 atom stereocenters. The van der Waals surface area contributed by atoms with Crippen LogP contribution in [-0.2, 0) is 0 Å². The SMILES string of the molecule is C[SiH](C)S[SiH](C)C. The van der Waals surface area contributed by atoms with Crippen molar-refractivity contribution >= 4 is 26.6 Å². The minimum absolute atomic E-state index is 0.250. The van der Waals surface area contributed by atoms with Crippen molar-refractivity contribution in [2.45, 2.75) is 26.2 Å². The van der Waals surface area contributed by atoms with Crippen LogP contribution >= 0.6 is 10.7 Å². The Bertz CT molecular complexity index is 39.0. The van der Waals surface area contributed by atoms with Gasteiger partial charge in [0.15, 0.2) is 0 Å². The minimum Gasteiger partial charge on any atom is -0.214 e. The van der Waals surface area contributed by atoms with Crippen LogP contribution in [0.2, 0.25) is 26.2 Å². The smallest absolute Gasteiger partial charge is 0.0874 e. The van der Waals surface area contributed by atoms with Crippen molar-refractivity contribution in [3.8, 4) is 0 Å². The Kier molecular flexibility index (Phi) is 4.16. The van der Waals surface area contributed by atoms with Gasteiger partial charge in [-0.05, 0) is 0 Å². The molecule has 0 unspecified atom stereocenters. The molecule has 44 valence electrons. The van der Waals surface area contributed by atoms with Gasteiger partial charge in [-0.2, -0.15) is 0 Å². The first-order valence-electron chi connectivity index (χ1n) is 2.78. The van der Waals surface area contributed by atoms with Crippen LogP contribution in [0, 0.1) is 0 Å². The third kappa shape index (κ3) is 6.78. The Morgan fingerprint density at radius 2 is 1.14 bits per heavy atom. The first-order valence-corrected chi connectivity index (χ1v) is 11.2. The Balaban J connectivity index is 2.95. The first kappa shape index (κ1) is 7.78. The minimum atomic E-state index is -0.250. The molecule has 0 saturated heterocycles. The lowest BCUT2D eigenvalue weighted by molar-refractivity contribution is 2.09. The van der Waals surface area contributed by atoms with Gasteiger partial charge in [0.1, 0.15) is 0 Å². The quantitative estimate of drug-likeness (QED) is 0.540. The third-order valence-corrected chi connectivity index (χ3v) is 14.7. The summed E-state index contributed by atoms with van der Waals surface area (Å²) in [5.74, 6) is 0. The van der Waals surface area contributed by atoms with E-state index < -0.39 is 0 Å². The van der Waals surface area contributed by atoms with Crippen LogP contribution in [0.3, 0.4) is 0 Å². The highest BCUT2D eigenvalue weighted by Crippen LogP contribution is 2.09.